The number of aromatic nitrogens is 1. The molecular formula is C13H12BrN3O. The van der Waals surface area contributed by atoms with Crippen molar-refractivity contribution in [2.75, 3.05) is 0 Å². The molecule has 92 valence electrons. The van der Waals surface area contributed by atoms with Gasteiger partial charge >= 0.3 is 0 Å². The van der Waals surface area contributed by atoms with Crippen LogP contribution in [0.15, 0.2) is 46.9 Å². The molecule has 0 aliphatic carbocycles. The van der Waals surface area contributed by atoms with Gasteiger partial charge in [0, 0.05) is 10.5 Å². The van der Waals surface area contributed by atoms with Gasteiger partial charge in [-0.25, -0.2) is 4.98 Å². The van der Waals surface area contributed by atoms with Crippen molar-refractivity contribution in [3.8, 4) is 5.88 Å². The molecule has 0 fully saturated rings. The molecule has 18 heavy (non-hydrogen) atoms. The molecule has 0 aliphatic heterocycles. The third-order valence-electron chi connectivity index (χ3n) is 2.30. The molecule has 0 bridgehead atoms. The summed E-state index contributed by atoms with van der Waals surface area (Å²) in [6, 6.07) is 13.0. The van der Waals surface area contributed by atoms with Crippen LogP contribution in [0.4, 0.5) is 0 Å². The fourth-order valence-corrected chi connectivity index (χ4v) is 1.65. The van der Waals surface area contributed by atoms with Crippen LogP contribution in [0.2, 0.25) is 0 Å². The van der Waals surface area contributed by atoms with Crippen molar-refractivity contribution < 1.29 is 4.74 Å². The smallest absolute Gasteiger partial charge is 0.214 e. The van der Waals surface area contributed by atoms with Gasteiger partial charge in [0.25, 0.3) is 0 Å². The average Bonchev–Trinajstić information content (AvgIpc) is 2.38. The number of nitrogens with zero attached hydrogens (tertiary/aromatic N) is 1. The lowest BCUT2D eigenvalue weighted by atomic mass is 10.2. The van der Waals surface area contributed by atoms with Gasteiger partial charge in [-0.2, -0.15) is 0 Å². The van der Waals surface area contributed by atoms with E-state index in [2.05, 4.69) is 20.9 Å². The Hall–Kier alpha value is -1.88. The maximum atomic E-state index is 7.31. The second kappa shape index (κ2) is 5.64. The Morgan fingerprint density at radius 2 is 1.94 bits per heavy atom. The number of nitrogens with two attached hydrogens (primary N) is 1. The van der Waals surface area contributed by atoms with E-state index >= 15 is 0 Å². The molecule has 0 atom stereocenters. The molecule has 0 unspecified atom stereocenters. The van der Waals surface area contributed by atoms with Crippen molar-refractivity contribution in [3.05, 3.63) is 58.2 Å². The number of amidine groups is 1. The summed E-state index contributed by atoms with van der Waals surface area (Å²) in [5, 5.41) is 7.31. The number of benzene rings is 1. The topological polar surface area (TPSA) is 72.0 Å². The lowest BCUT2D eigenvalue weighted by molar-refractivity contribution is 0.293. The predicted octanol–water partition coefficient (Wildman–Crippen LogP) is 2.71. The molecule has 0 saturated carbocycles. The van der Waals surface area contributed by atoms with Crippen LogP contribution in [0.3, 0.4) is 0 Å². The molecule has 0 aliphatic rings. The number of ether oxygens (including phenoxy) is 1. The number of nitrogen functional groups attached to an aromatic ring is 1. The van der Waals surface area contributed by atoms with Crippen LogP contribution in [0, 0.1) is 5.41 Å². The number of rotatable bonds is 4. The number of nitrogens with one attached hydrogen (secondary N) is 1. The molecule has 0 saturated heterocycles. The van der Waals surface area contributed by atoms with Gasteiger partial charge in [0.2, 0.25) is 5.88 Å². The van der Waals surface area contributed by atoms with Crippen LogP contribution < -0.4 is 10.5 Å². The van der Waals surface area contributed by atoms with Crippen molar-refractivity contribution in [1.29, 1.82) is 5.41 Å². The highest BCUT2D eigenvalue weighted by molar-refractivity contribution is 9.10. The van der Waals surface area contributed by atoms with Crippen molar-refractivity contribution in [2.24, 2.45) is 5.73 Å². The molecule has 2 aromatic rings. The van der Waals surface area contributed by atoms with Crippen molar-refractivity contribution >= 4 is 21.8 Å². The molecule has 4 nitrogen and oxygen atoms in total. The van der Waals surface area contributed by atoms with Gasteiger partial charge in [-0.15, -0.1) is 0 Å². The average molecular weight is 306 g/mol. The zero-order valence-corrected chi connectivity index (χ0v) is 11.1. The normalized spacial score (nSPS) is 10.1. The van der Waals surface area contributed by atoms with E-state index in [4.69, 9.17) is 15.9 Å². The van der Waals surface area contributed by atoms with E-state index < -0.39 is 0 Å². The van der Waals surface area contributed by atoms with E-state index in [9.17, 15) is 0 Å². The highest BCUT2D eigenvalue weighted by Gasteiger charge is 2.01. The summed E-state index contributed by atoms with van der Waals surface area (Å²) in [7, 11) is 0. The monoisotopic (exact) mass is 305 g/mol. The maximum absolute atomic E-state index is 7.31. The van der Waals surface area contributed by atoms with Crippen molar-refractivity contribution in [1.82, 2.24) is 4.98 Å². The molecule has 1 aromatic carbocycles. The van der Waals surface area contributed by atoms with Crippen molar-refractivity contribution in [3.63, 3.8) is 0 Å². The fraction of sp³-hybridized carbons (Fsp3) is 0.0769. The minimum atomic E-state index is -0.0657. The summed E-state index contributed by atoms with van der Waals surface area (Å²) in [5.74, 6) is 0.398. The summed E-state index contributed by atoms with van der Waals surface area (Å²) in [4.78, 5) is 4.12. The summed E-state index contributed by atoms with van der Waals surface area (Å²) >= 11 is 3.38. The zero-order chi connectivity index (χ0) is 13.0. The Morgan fingerprint density at radius 3 is 2.61 bits per heavy atom. The fourth-order valence-electron chi connectivity index (χ4n) is 1.38. The van der Waals surface area contributed by atoms with E-state index in [1.54, 1.807) is 18.2 Å². The lowest BCUT2D eigenvalue weighted by Crippen LogP contribution is -2.13. The van der Waals surface area contributed by atoms with Gasteiger partial charge in [0.1, 0.15) is 18.1 Å². The molecular weight excluding hydrogens is 294 g/mol. The van der Waals surface area contributed by atoms with Gasteiger partial charge in [-0.05, 0) is 23.8 Å². The Bertz CT molecular complexity index is 554. The zero-order valence-electron chi connectivity index (χ0n) is 9.56. The molecule has 0 spiro atoms. The summed E-state index contributed by atoms with van der Waals surface area (Å²) < 4.78 is 6.57. The summed E-state index contributed by atoms with van der Waals surface area (Å²) in [5.41, 5.74) is 6.84. The number of pyridine rings is 1. The van der Waals surface area contributed by atoms with Crippen LogP contribution >= 0.6 is 15.9 Å². The first kappa shape index (κ1) is 12.6. The van der Waals surface area contributed by atoms with E-state index in [1.165, 1.54) is 0 Å². The van der Waals surface area contributed by atoms with Crippen LogP contribution in [-0.2, 0) is 6.61 Å². The molecule has 0 amide bonds. The molecule has 5 heteroatoms. The van der Waals surface area contributed by atoms with Gasteiger partial charge in [-0.1, -0.05) is 34.1 Å². The molecule has 2 rings (SSSR count). The first-order valence-electron chi connectivity index (χ1n) is 5.34. The molecule has 0 radical (unpaired) electrons. The van der Waals surface area contributed by atoms with Gasteiger partial charge in [0.05, 0.1) is 0 Å². The SMILES string of the molecule is N=C(N)c1cccc(OCc2ccc(Br)cc2)n1. The highest BCUT2D eigenvalue weighted by Crippen LogP contribution is 2.13. The van der Waals surface area contributed by atoms with Crippen LogP contribution in [-0.4, -0.2) is 10.8 Å². The van der Waals surface area contributed by atoms with E-state index in [-0.39, 0.29) is 5.84 Å². The number of halogens is 1. The van der Waals surface area contributed by atoms with Gasteiger partial charge < -0.3 is 10.5 Å². The van der Waals surface area contributed by atoms with Gasteiger partial charge in [0.15, 0.2) is 0 Å². The van der Waals surface area contributed by atoms with Crippen LogP contribution in [0.1, 0.15) is 11.3 Å². The molecule has 3 N–H and O–H groups in total. The summed E-state index contributed by atoms with van der Waals surface area (Å²) in [6.07, 6.45) is 0. The largest absolute Gasteiger partial charge is 0.473 e. The van der Waals surface area contributed by atoms with Gasteiger partial charge in [-0.3, -0.25) is 5.41 Å². The first-order chi connectivity index (χ1) is 8.65. The van der Waals surface area contributed by atoms with Crippen LogP contribution in [0.25, 0.3) is 0 Å². The van der Waals surface area contributed by atoms with E-state index in [0.717, 1.165) is 10.0 Å². The first-order valence-corrected chi connectivity index (χ1v) is 6.13. The third kappa shape index (κ3) is 3.30. The molecule has 1 heterocycles. The lowest BCUT2D eigenvalue weighted by Gasteiger charge is -2.06. The Kier molecular flexibility index (Phi) is 3.94. The third-order valence-corrected chi connectivity index (χ3v) is 2.83. The number of hydrogen-bond acceptors (Lipinski definition) is 3. The van der Waals surface area contributed by atoms with Crippen molar-refractivity contribution in [2.45, 2.75) is 6.61 Å². The predicted molar refractivity (Wildman–Crippen MR) is 73.7 cm³/mol. The maximum Gasteiger partial charge on any atom is 0.214 e. The highest BCUT2D eigenvalue weighted by atomic mass is 79.9. The Labute approximate surface area is 113 Å². The minimum Gasteiger partial charge on any atom is -0.473 e. The quantitative estimate of drug-likeness (QED) is 0.674. The standard InChI is InChI=1S/C13H12BrN3O/c14-10-6-4-9(5-7-10)8-18-12-3-1-2-11(17-12)13(15)16/h1-7H,8H2,(H3,15,16). The second-order valence-corrected chi connectivity index (χ2v) is 4.61. The Morgan fingerprint density at radius 1 is 1.22 bits per heavy atom. The minimum absolute atomic E-state index is 0.0657. The Balaban J connectivity index is 2.04. The molecule has 1 aromatic heterocycles. The van der Waals surface area contributed by atoms with E-state index in [1.807, 2.05) is 24.3 Å². The van der Waals surface area contributed by atoms with E-state index in [0.29, 0.717) is 18.2 Å². The number of hydrogen-bond donors (Lipinski definition) is 2. The second-order valence-electron chi connectivity index (χ2n) is 3.69. The van der Waals surface area contributed by atoms with Crippen LogP contribution in [0.5, 0.6) is 5.88 Å². The summed E-state index contributed by atoms with van der Waals surface area (Å²) in [6.45, 7) is 0.432.